The van der Waals surface area contributed by atoms with Gasteiger partial charge in [-0.2, -0.15) is 0 Å². The van der Waals surface area contributed by atoms with E-state index in [-0.39, 0.29) is 5.78 Å². The van der Waals surface area contributed by atoms with Crippen LogP contribution in [0.4, 0.5) is 0 Å². The van der Waals surface area contributed by atoms with Gasteiger partial charge in [-0.25, -0.2) is 0 Å². The lowest BCUT2D eigenvalue weighted by molar-refractivity contribution is 0.0942. The molecule has 0 amide bonds. The highest BCUT2D eigenvalue weighted by molar-refractivity contribution is 6.07. The normalized spacial score (nSPS) is 14.3. The Morgan fingerprint density at radius 2 is 2.33 bits per heavy atom. The molecule has 2 rings (SSSR count). The van der Waals surface area contributed by atoms with Crippen molar-refractivity contribution in [2.24, 2.45) is 0 Å². The van der Waals surface area contributed by atoms with Gasteiger partial charge in [-0.15, -0.1) is 0 Å². The van der Waals surface area contributed by atoms with Crippen LogP contribution in [0.25, 0.3) is 0 Å². The lowest BCUT2D eigenvalue weighted by Gasteiger charge is -2.04. The second kappa shape index (κ2) is 4.17. The molecule has 0 N–H and O–H groups in total. The van der Waals surface area contributed by atoms with Crippen LogP contribution in [-0.4, -0.2) is 19.5 Å². The largest absolute Gasteiger partial charge is 0.497 e. The Hall–Kier alpha value is -1.77. The first kappa shape index (κ1) is 9.77. The standard InChI is InChI=1S/C12H12O3/c1-14-10-5-2-4-9(8-10)12(13)11-6-3-7-15-11/h2,4-6,8H,3,7H2,1H3. The van der Waals surface area contributed by atoms with Gasteiger partial charge in [0.2, 0.25) is 5.78 Å². The Bertz CT molecular complexity index is 407. The molecule has 1 aliphatic heterocycles. The van der Waals surface area contributed by atoms with E-state index < -0.39 is 0 Å². The van der Waals surface area contributed by atoms with Crippen LogP contribution in [0.3, 0.4) is 0 Å². The predicted octanol–water partition coefficient (Wildman–Crippen LogP) is 2.18. The molecular weight excluding hydrogens is 192 g/mol. The number of rotatable bonds is 3. The maximum atomic E-state index is 11.9. The third-order valence-corrected chi connectivity index (χ3v) is 2.26. The Morgan fingerprint density at radius 1 is 1.47 bits per heavy atom. The number of hydrogen-bond donors (Lipinski definition) is 0. The van der Waals surface area contributed by atoms with Gasteiger partial charge >= 0.3 is 0 Å². The number of methoxy groups -OCH3 is 1. The predicted molar refractivity (Wildman–Crippen MR) is 56.0 cm³/mol. The summed E-state index contributed by atoms with van der Waals surface area (Å²) < 4.78 is 10.3. The monoisotopic (exact) mass is 204 g/mol. The molecule has 0 aromatic heterocycles. The van der Waals surface area contributed by atoms with Crippen molar-refractivity contribution in [3.63, 3.8) is 0 Å². The van der Waals surface area contributed by atoms with Crippen LogP contribution in [-0.2, 0) is 4.74 Å². The molecule has 1 aliphatic rings. The smallest absolute Gasteiger partial charge is 0.227 e. The number of carbonyl (C=O) groups is 1. The Labute approximate surface area is 88.3 Å². The topological polar surface area (TPSA) is 35.5 Å². The molecule has 0 saturated carbocycles. The van der Waals surface area contributed by atoms with Crippen molar-refractivity contribution in [3.05, 3.63) is 41.7 Å². The van der Waals surface area contributed by atoms with E-state index in [0.29, 0.717) is 23.7 Å². The SMILES string of the molecule is COc1cccc(C(=O)C2=CCCO2)c1. The molecule has 0 saturated heterocycles. The van der Waals surface area contributed by atoms with Gasteiger partial charge in [-0.05, 0) is 18.2 Å². The molecule has 1 heterocycles. The fourth-order valence-corrected chi connectivity index (χ4v) is 1.48. The molecule has 0 radical (unpaired) electrons. The first-order chi connectivity index (χ1) is 7.31. The zero-order chi connectivity index (χ0) is 10.7. The Kier molecular flexibility index (Phi) is 2.72. The zero-order valence-corrected chi connectivity index (χ0v) is 8.53. The number of allylic oxidation sites excluding steroid dienone is 1. The van der Waals surface area contributed by atoms with E-state index in [2.05, 4.69) is 0 Å². The second-order valence-electron chi connectivity index (χ2n) is 3.27. The van der Waals surface area contributed by atoms with Crippen LogP contribution in [0, 0.1) is 0 Å². The molecule has 0 fully saturated rings. The molecule has 0 atom stereocenters. The molecule has 3 nitrogen and oxygen atoms in total. The van der Waals surface area contributed by atoms with E-state index in [4.69, 9.17) is 9.47 Å². The number of hydrogen-bond acceptors (Lipinski definition) is 3. The molecule has 0 bridgehead atoms. The van der Waals surface area contributed by atoms with Crippen LogP contribution in [0.5, 0.6) is 5.75 Å². The summed E-state index contributed by atoms with van der Waals surface area (Å²) in [7, 11) is 1.58. The van der Waals surface area contributed by atoms with Gasteiger partial charge in [0.05, 0.1) is 13.7 Å². The number of ether oxygens (including phenoxy) is 2. The van der Waals surface area contributed by atoms with Crippen LogP contribution in [0.15, 0.2) is 36.1 Å². The van der Waals surface area contributed by atoms with Crippen molar-refractivity contribution in [2.75, 3.05) is 13.7 Å². The quantitative estimate of drug-likeness (QED) is 0.708. The lowest BCUT2D eigenvalue weighted by atomic mass is 10.1. The molecule has 1 aromatic carbocycles. The fraction of sp³-hybridized carbons (Fsp3) is 0.250. The molecule has 3 heteroatoms. The van der Waals surface area contributed by atoms with Crippen molar-refractivity contribution in [1.29, 1.82) is 0 Å². The average Bonchev–Trinajstić information content (AvgIpc) is 2.81. The number of ketones is 1. The van der Waals surface area contributed by atoms with E-state index in [9.17, 15) is 4.79 Å². The summed E-state index contributed by atoms with van der Waals surface area (Å²) in [5.74, 6) is 1.05. The first-order valence-electron chi connectivity index (χ1n) is 4.83. The van der Waals surface area contributed by atoms with Crippen molar-refractivity contribution in [3.8, 4) is 5.75 Å². The summed E-state index contributed by atoms with van der Waals surface area (Å²) in [5.41, 5.74) is 0.600. The van der Waals surface area contributed by atoms with Crippen LogP contribution in [0.2, 0.25) is 0 Å². The fourth-order valence-electron chi connectivity index (χ4n) is 1.48. The molecule has 15 heavy (non-hydrogen) atoms. The summed E-state index contributed by atoms with van der Waals surface area (Å²) in [6.07, 6.45) is 2.63. The van der Waals surface area contributed by atoms with E-state index in [1.807, 2.05) is 6.08 Å². The van der Waals surface area contributed by atoms with Gasteiger partial charge in [0, 0.05) is 12.0 Å². The van der Waals surface area contributed by atoms with E-state index >= 15 is 0 Å². The highest BCUT2D eigenvalue weighted by atomic mass is 16.5. The lowest BCUT2D eigenvalue weighted by Crippen LogP contribution is -2.03. The molecule has 1 aromatic rings. The maximum absolute atomic E-state index is 11.9. The van der Waals surface area contributed by atoms with E-state index in [1.165, 1.54) is 0 Å². The third-order valence-electron chi connectivity index (χ3n) is 2.26. The van der Waals surface area contributed by atoms with E-state index in [1.54, 1.807) is 31.4 Å². The zero-order valence-electron chi connectivity index (χ0n) is 8.53. The van der Waals surface area contributed by atoms with Crippen LogP contribution >= 0.6 is 0 Å². The van der Waals surface area contributed by atoms with Gasteiger partial charge in [0.15, 0.2) is 5.76 Å². The highest BCUT2D eigenvalue weighted by Gasteiger charge is 2.17. The van der Waals surface area contributed by atoms with Crippen molar-refractivity contribution in [1.82, 2.24) is 0 Å². The van der Waals surface area contributed by atoms with Crippen molar-refractivity contribution >= 4 is 5.78 Å². The van der Waals surface area contributed by atoms with Crippen LogP contribution in [0.1, 0.15) is 16.8 Å². The summed E-state index contributed by atoms with van der Waals surface area (Å²) in [5, 5.41) is 0. The van der Waals surface area contributed by atoms with Crippen molar-refractivity contribution < 1.29 is 14.3 Å². The highest BCUT2D eigenvalue weighted by Crippen LogP contribution is 2.19. The number of benzene rings is 1. The summed E-state index contributed by atoms with van der Waals surface area (Å²) in [6.45, 7) is 0.602. The molecule has 0 unspecified atom stereocenters. The molecule has 0 spiro atoms. The van der Waals surface area contributed by atoms with E-state index in [0.717, 1.165) is 6.42 Å². The Balaban J connectivity index is 2.24. The van der Waals surface area contributed by atoms with Crippen LogP contribution < -0.4 is 4.74 Å². The van der Waals surface area contributed by atoms with Gasteiger partial charge in [-0.1, -0.05) is 12.1 Å². The minimum absolute atomic E-state index is 0.0774. The minimum Gasteiger partial charge on any atom is -0.497 e. The first-order valence-corrected chi connectivity index (χ1v) is 4.83. The maximum Gasteiger partial charge on any atom is 0.227 e. The van der Waals surface area contributed by atoms with Gasteiger partial charge < -0.3 is 9.47 Å². The Morgan fingerprint density at radius 3 is 3.00 bits per heavy atom. The minimum atomic E-state index is -0.0774. The van der Waals surface area contributed by atoms with Gasteiger partial charge in [0.25, 0.3) is 0 Å². The molecular formula is C12H12O3. The average molecular weight is 204 g/mol. The van der Waals surface area contributed by atoms with Crippen molar-refractivity contribution in [2.45, 2.75) is 6.42 Å². The summed E-state index contributed by atoms with van der Waals surface area (Å²) in [6, 6.07) is 7.07. The third kappa shape index (κ3) is 2.01. The van der Waals surface area contributed by atoms with Gasteiger partial charge in [0.1, 0.15) is 5.75 Å². The summed E-state index contributed by atoms with van der Waals surface area (Å²) >= 11 is 0. The summed E-state index contributed by atoms with van der Waals surface area (Å²) in [4.78, 5) is 11.9. The molecule has 0 aliphatic carbocycles. The van der Waals surface area contributed by atoms with Gasteiger partial charge in [-0.3, -0.25) is 4.79 Å². The number of carbonyl (C=O) groups excluding carboxylic acids is 1. The number of Topliss-reactive ketones (excluding diaryl/α,β-unsaturated/α-hetero) is 1. The molecule has 78 valence electrons. The second-order valence-corrected chi connectivity index (χ2v) is 3.27.